The first-order valence-corrected chi connectivity index (χ1v) is 10.9. The number of anilines is 1. The summed E-state index contributed by atoms with van der Waals surface area (Å²) in [5.41, 5.74) is 1.16. The highest BCUT2D eigenvalue weighted by Crippen LogP contribution is 2.18. The molecule has 0 bridgehead atoms. The van der Waals surface area contributed by atoms with Crippen molar-refractivity contribution in [2.45, 2.75) is 25.4 Å². The molecule has 0 spiro atoms. The average molecular weight is 450 g/mol. The van der Waals surface area contributed by atoms with Gasteiger partial charge in [0.1, 0.15) is 11.6 Å². The maximum absolute atomic E-state index is 15.0. The molecule has 0 unspecified atom stereocenters. The van der Waals surface area contributed by atoms with Gasteiger partial charge in [-0.05, 0) is 54.8 Å². The minimum atomic E-state index is -0.879. The SMILES string of the molecule is O=C(Nc1ccc(F)cc1)c1cccc(C(=O)NC2CCN(Cc3ccccc3)CC2)c1F. The van der Waals surface area contributed by atoms with E-state index in [2.05, 4.69) is 27.7 Å². The van der Waals surface area contributed by atoms with Crippen molar-refractivity contribution >= 4 is 17.5 Å². The van der Waals surface area contributed by atoms with Crippen molar-refractivity contribution in [2.24, 2.45) is 0 Å². The summed E-state index contributed by atoms with van der Waals surface area (Å²) in [5.74, 6) is -2.56. The van der Waals surface area contributed by atoms with Crippen LogP contribution < -0.4 is 10.6 Å². The van der Waals surface area contributed by atoms with Crippen LogP contribution in [0.2, 0.25) is 0 Å². The fourth-order valence-corrected chi connectivity index (χ4v) is 3.95. The van der Waals surface area contributed by atoms with Gasteiger partial charge in [-0.1, -0.05) is 36.4 Å². The van der Waals surface area contributed by atoms with Crippen molar-refractivity contribution in [3.63, 3.8) is 0 Å². The molecule has 1 aliphatic heterocycles. The van der Waals surface area contributed by atoms with E-state index < -0.39 is 23.4 Å². The first-order chi connectivity index (χ1) is 16.0. The molecule has 0 aromatic heterocycles. The number of nitrogens with one attached hydrogen (secondary N) is 2. The smallest absolute Gasteiger partial charge is 0.258 e. The summed E-state index contributed by atoms with van der Waals surface area (Å²) < 4.78 is 28.1. The van der Waals surface area contributed by atoms with Gasteiger partial charge in [-0.3, -0.25) is 14.5 Å². The van der Waals surface area contributed by atoms with E-state index in [-0.39, 0.29) is 17.2 Å². The quantitative estimate of drug-likeness (QED) is 0.578. The van der Waals surface area contributed by atoms with Gasteiger partial charge in [-0.25, -0.2) is 8.78 Å². The second kappa shape index (κ2) is 10.4. The molecule has 0 atom stereocenters. The predicted octanol–water partition coefficient (Wildman–Crippen LogP) is 4.61. The van der Waals surface area contributed by atoms with E-state index in [9.17, 15) is 14.0 Å². The molecule has 170 valence electrons. The Kier molecular flexibility index (Phi) is 7.10. The third-order valence-electron chi connectivity index (χ3n) is 5.76. The van der Waals surface area contributed by atoms with Crippen LogP contribution >= 0.6 is 0 Å². The number of rotatable bonds is 6. The summed E-state index contributed by atoms with van der Waals surface area (Å²) in [4.78, 5) is 27.6. The number of benzene rings is 3. The van der Waals surface area contributed by atoms with E-state index in [4.69, 9.17) is 0 Å². The minimum Gasteiger partial charge on any atom is -0.349 e. The Labute approximate surface area is 191 Å². The molecule has 1 fully saturated rings. The first-order valence-electron chi connectivity index (χ1n) is 10.9. The van der Waals surface area contributed by atoms with Crippen LogP contribution in [0.5, 0.6) is 0 Å². The van der Waals surface area contributed by atoms with Crippen molar-refractivity contribution in [1.29, 1.82) is 0 Å². The highest BCUT2D eigenvalue weighted by atomic mass is 19.1. The second-order valence-electron chi connectivity index (χ2n) is 8.14. The van der Waals surface area contributed by atoms with Crippen LogP contribution in [0, 0.1) is 11.6 Å². The summed E-state index contributed by atoms with van der Waals surface area (Å²) in [5, 5.41) is 5.42. The van der Waals surface area contributed by atoms with Crippen molar-refractivity contribution in [2.75, 3.05) is 18.4 Å². The Morgan fingerprint density at radius 1 is 0.818 bits per heavy atom. The number of carbonyl (C=O) groups excluding carboxylic acids is 2. The van der Waals surface area contributed by atoms with Crippen LogP contribution in [-0.4, -0.2) is 35.8 Å². The van der Waals surface area contributed by atoms with E-state index >= 15 is 4.39 Å². The molecular weight excluding hydrogens is 424 g/mol. The average Bonchev–Trinajstić information content (AvgIpc) is 2.82. The summed E-state index contributed by atoms with van der Waals surface area (Å²) in [6, 6.07) is 19.5. The van der Waals surface area contributed by atoms with E-state index in [0.717, 1.165) is 32.5 Å². The van der Waals surface area contributed by atoms with Crippen LogP contribution in [0.4, 0.5) is 14.5 Å². The number of carbonyl (C=O) groups is 2. The van der Waals surface area contributed by atoms with Crippen molar-refractivity contribution < 1.29 is 18.4 Å². The largest absolute Gasteiger partial charge is 0.349 e. The summed E-state index contributed by atoms with van der Waals surface area (Å²) in [6.07, 6.45) is 1.54. The Morgan fingerprint density at radius 3 is 2.12 bits per heavy atom. The molecule has 1 saturated heterocycles. The topological polar surface area (TPSA) is 61.4 Å². The van der Waals surface area contributed by atoms with Gasteiger partial charge >= 0.3 is 0 Å². The molecule has 2 amide bonds. The summed E-state index contributed by atoms with van der Waals surface area (Å²) in [7, 11) is 0. The van der Waals surface area contributed by atoms with Crippen LogP contribution in [0.25, 0.3) is 0 Å². The van der Waals surface area contributed by atoms with Gasteiger partial charge in [0.15, 0.2) is 0 Å². The molecular formula is C26H25F2N3O2. The molecule has 7 heteroatoms. The zero-order chi connectivity index (χ0) is 23.2. The van der Waals surface area contributed by atoms with Gasteiger partial charge in [0, 0.05) is 31.4 Å². The number of hydrogen-bond donors (Lipinski definition) is 2. The molecule has 5 nitrogen and oxygen atoms in total. The Hall–Kier alpha value is -3.58. The summed E-state index contributed by atoms with van der Waals surface area (Å²) in [6.45, 7) is 2.53. The van der Waals surface area contributed by atoms with E-state index in [1.165, 1.54) is 48.0 Å². The lowest BCUT2D eigenvalue weighted by atomic mass is 10.0. The van der Waals surface area contributed by atoms with E-state index in [0.29, 0.717) is 5.69 Å². The molecule has 3 aromatic rings. The fourth-order valence-electron chi connectivity index (χ4n) is 3.95. The zero-order valence-electron chi connectivity index (χ0n) is 18.1. The van der Waals surface area contributed by atoms with E-state index in [1.807, 2.05) is 18.2 Å². The third kappa shape index (κ3) is 5.81. The number of hydrogen-bond acceptors (Lipinski definition) is 3. The van der Waals surface area contributed by atoms with Gasteiger partial charge in [0.2, 0.25) is 0 Å². The van der Waals surface area contributed by atoms with Gasteiger partial charge in [-0.15, -0.1) is 0 Å². The van der Waals surface area contributed by atoms with E-state index in [1.54, 1.807) is 0 Å². The van der Waals surface area contributed by atoms with Crippen molar-refractivity contribution in [1.82, 2.24) is 10.2 Å². The minimum absolute atomic E-state index is 0.0550. The van der Waals surface area contributed by atoms with Crippen LogP contribution in [0.15, 0.2) is 72.8 Å². The van der Waals surface area contributed by atoms with Gasteiger partial charge in [-0.2, -0.15) is 0 Å². The number of likely N-dealkylation sites (tertiary alicyclic amines) is 1. The summed E-state index contributed by atoms with van der Waals surface area (Å²) >= 11 is 0. The van der Waals surface area contributed by atoms with Gasteiger partial charge < -0.3 is 10.6 Å². The molecule has 4 rings (SSSR count). The first kappa shape index (κ1) is 22.6. The predicted molar refractivity (Wildman–Crippen MR) is 123 cm³/mol. The third-order valence-corrected chi connectivity index (χ3v) is 5.76. The van der Waals surface area contributed by atoms with Crippen LogP contribution in [0.1, 0.15) is 39.1 Å². The Balaban J connectivity index is 1.35. The van der Waals surface area contributed by atoms with Crippen LogP contribution in [0.3, 0.4) is 0 Å². The molecule has 1 heterocycles. The number of halogens is 2. The molecule has 33 heavy (non-hydrogen) atoms. The monoisotopic (exact) mass is 449 g/mol. The molecule has 3 aromatic carbocycles. The highest BCUT2D eigenvalue weighted by Gasteiger charge is 2.24. The molecule has 2 N–H and O–H groups in total. The lowest BCUT2D eigenvalue weighted by Gasteiger charge is -2.32. The standard InChI is InChI=1S/C26H25F2N3O2/c27-19-9-11-20(12-10-19)29-25(32)22-7-4-8-23(24(22)28)26(33)30-21-13-15-31(16-14-21)17-18-5-2-1-3-6-18/h1-12,21H,13-17H2,(H,29,32)(H,30,33). The van der Waals surface area contributed by atoms with Crippen molar-refractivity contribution in [3.8, 4) is 0 Å². The highest BCUT2D eigenvalue weighted by molar-refractivity contribution is 6.06. The molecule has 0 aliphatic carbocycles. The molecule has 0 radical (unpaired) electrons. The number of amides is 2. The van der Waals surface area contributed by atoms with Gasteiger partial charge in [0.05, 0.1) is 11.1 Å². The maximum atomic E-state index is 15.0. The lowest BCUT2D eigenvalue weighted by molar-refractivity contribution is 0.0904. The maximum Gasteiger partial charge on any atom is 0.258 e. The van der Waals surface area contributed by atoms with Crippen molar-refractivity contribution in [3.05, 3.63) is 101 Å². The fraction of sp³-hybridized carbons (Fsp3) is 0.231. The lowest BCUT2D eigenvalue weighted by Crippen LogP contribution is -2.44. The normalized spacial score (nSPS) is 14.6. The molecule has 1 aliphatic rings. The number of nitrogens with zero attached hydrogens (tertiary/aromatic N) is 1. The van der Waals surface area contributed by atoms with Crippen LogP contribution in [-0.2, 0) is 6.54 Å². The molecule has 0 saturated carbocycles. The number of piperidine rings is 1. The Morgan fingerprint density at radius 2 is 1.45 bits per heavy atom. The van der Waals surface area contributed by atoms with Gasteiger partial charge in [0.25, 0.3) is 11.8 Å². The second-order valence-corrected chi connectivity index (χ2v) is 8.14. The zero-order valence-corrected chi connectivity index (χ0v) is 18.1. The Bertz CT molecular complexity index is 1110.